The number of amides is 1. The van der Waals surface area contributed by atoms with E-state index in [2.05, 4.69) is 0 Å². The molecule has 0 spiro atoms. The van der Waals surface area contributed by atoms with E-state index in [4.69, 9.17) is 9.68 Å². The highest BCUT2D eigenvalue weighted by molar-refractivity contribution is 6.16. The quantitative estimate of drug-likeness (QED) is 0.866. The molecule has 1 aliphatic heterocycles. The van der Waals surface area contributed by atoms with Crippen molar-refractivity contribution < 1.29 is 19.1 Å². The van der Waals surface area contributed by atoms with Crippen LogP contribution in [0.25, 0.3) is 0 Å². The number of rotatable bonds is 5. The number of hydrogen-bond acceptors (Lipinski definition) is 5. The van der Waals surface area contributed by atoms with Gasteiger partial charge in [0, 0.05) is 12.1 Å². The minimum absolute atomic E-state index is 0.0485. The van der Waals surface area contributed by atoms with Gasteiger partial charge < -0.3 is 9.52 Å². The maximum Gasteiger partial charge on any atom is 0.294 e. The second-order valence-corrected chi connectivity index (χ2v) is 6.97. The molecule has 1 N–H and O–H groups in total. The highest BCUT2D eigenvalue weighted by atomic mass is 16.3. The molecule has 27 heavy (non-hydrogen) atoms. The third-order valence-electron chi connectivity index (χ3n) is 4.41. The summed E-state index contributed by atoms with van der Waals surface area (Å²) in [5.74, 6) is -0.377. The molecule has 1 aromatic heterocycles. The summed E-state index contributed by atoms with van der Waals surface area (Å²) in [5.41, 5.74) is 0.966. The van der Waals surface area contributed by atoms with Gasteiger partial charge in [0.15, 0.2) is 11.5 Å². The standard InChI is InChI=1S/C21H20N2O4/c1-12(2)10-16(24)18-19(17-9-4-13(3)27-17)23(21(26)20(18)25)15-7-5-14(11-22)6-8-15/h4-9,12,19,25H,10H2,1-3H3. The fraction of sp³-hybridized carbons (Fsp3) is 0.286. The van der Waals surface area contributed by atoms with Crippen molar-refractivity contribution >= 4 is 17.4 Å². The van der Waals surface area contributed by atoms with Gasteiger partial charge in [0.25, 0.3) is 5.91 Å². The molecule has 1 aliphatic rings. The first-order valence-electron chi connectivity index (χ1n) is 8.70. The molecule has 6 nitrogen and oxygen atoms in total. The van der Waals surface area contributed by atoms with E-state index in [1.807, 2.05) is 19.9 Å². The van der Waals surface area contributed by atoms with E-state index in [9.17, 15) is 14.7 Å². The van der Waals surface area contributed by atoms with Gasteiger partial charge in [-0.2, -0.15) is 5.26 Å². The number of nitriles is 1. The van der Waals surface area contributed by atoms with Crippen LogP contribution in [0.5, 0.6) is 0 Å². The Labute approximate surface area is 157 Å². The fourth-order valence-corrected chi connectivity index (χ4v) is 3.20. The molecule has 3 rings (SSSR count). The Morgan fingerprint density at radius 3 is 2.44 bits per heavy atom. The zero-order valence-corrected chi connectivity index (χ0v) is 15.4. The van der Waals surface area contributed by atoms with Crippen molar-refractivity contribution in [1.29, 1.82) is 5.26 Å². The molecule has 0 bridgehead atoms. The van der Waals surface area contributed by atoms with Crippen LogP contribution in [0.15, 0.2) is 52.1 Å². The van der Waals surface area contributed by atoms with Crippen LogP contribution in [0.3, 0.4) is 0 Å². The number of ketones is 1. The molecule has 2 aromatic rings. The Balaban J connectivity index is 2.11. The number of aliphatic hydroxyl groups excluding tert-OH is 1. The summed E-state index contributed by atoms with van der Waals surface area (Å²) < 4.78 is 5.70. The van der Waals surface area contributed by atoms with Gasteiger partial charge >= 0.3 is 0 Å². The van der Waals surface area contributed by atoms with E-state index in [-0.39, 0.29) is 23.7 Å². The fourth-order valence-electron chi connectivity index (χ4n) is 3.20. The van der Waals surface area contributed by atoms with E-state index in [1.165, 1.54) is 4.90 Å². The second-order valence-electron chi connectivity index (χ2n) is 6.97. The third-order valence-corrected chi connectivity index (χ3v) is 4.41. The summed E-state index contributed by atoms with van der Waals surface area (Å²) >= 11 is 0. The van der Waals surface area contributed by atoms with Crippen molar-refractivity contribution in [2.24, 2.45) is 5.92 Å². The Morgan fingerprint density at radius 2 is 1.93 bits per heavy atom. The van der Waals surface area contributed by atoms with Gasteiger partial charge in [0.05, 0.1) is 17.2 Å². The highest BCUT2D eigenvalue weighted by Crippen LogP contribution is 2.42. The number of carbonyl (C=O) groups excluding carboxylic acids is 2. The molecular formula is C21H20N2O4. The number of aliphatic hydroxyl groups is 1. The van der Waals surface area contributed by atoms with Crippen LogP contribution < -0.4 is 4.90 Å². The molecule has 0 saturated carbocycles. The number of hydrogen-bond donors (Lipinski definition) is 1. The first-order valence-corrected chi connectivity index (χ1v) is 8.70. The average molecular weight is 364 g/mol. The Morgan fingerprint density at radius 1 is 1.26 bits per heavy atom. The number of carbonyl (C=O) groups is 2. The van der Waals surface area contributed by atoms with Gasteiger partial charge in [-0.1, -0.05) is 13.8 Å². The zero-order valence-electron chi connectivity index (χ0n) is 15.4. The minimum atomic E-state index is -0.842. The van der Waals surface area contributed by atoms with Crippen LogP contribution >= 0.6 is 0 Å². The molecule has 0 fully saturated rings. The highest BCUT2D eigenvalue weighted by Gasteiger charge is 2.45. The Kier molecular flexibility index (Phi) is 4.87. The van der Waals surface area contributed by atoms with Crippen LogP contribution in [-0.2, 0) is 9.59 Å². The maximum atomic E-state index is 12.8. The lowest BCUT2D eigenvalue weighted by atomic mass is 9.95. The van der Waals surface area contributed by atoms with E-state index in [0.29, 0.717) is 22.8 Å². The largest absolute Gasteiger partial charge is 0.503 e. The van der Waals surface area contributed by atoms with Crippen molar-refractivity contribution in [3.05, 3.63) is 64.8 Å². The first kappa shape index (κ1) is 18.5. The summed E-state index contributed by atoms with van der Waals surface area (Å²) in [6.07, 6.45) is 0.212. The SMILES string of the molecule is Cc1ccc(C2C(C(=O)CC(C)C)=C(O)C(=O)N2c2ccc(C#N)cc2)o1. The van der Waals surface area contributed by atoms with Crippen LogP contribution in [0.4, 0.5) is 5.69 Å². The topological polar surface area (TPSA) is 94.5 Å². The van der Waals surface area contributed by atoms with Crippen LogP contribution in [0, 0.1) is 24.2 Å². The van der Waals surface area contributed by atoms with Crippen molar-refractivity contribution in [2.75, 3.05) is 4.90 Å². The van der Waals surface area contributed by atoms with E-state index >= 15 is 0 Å². The van der Waals surface area contributed by atoms with Crippen molar-refractivity contribution in [2.45, 2.75) is 33.2 Å². The predicted octanol–water partition coefficient (Wildman–Crippen LogP) is 3.97. The third kappa shape index (κ3) is 3.36. The summed E-state index contributed by atoms with van der Waals surface area (Å²) in [7, 11) is 0. The zero-order chi connectivity index (χ0) is 19.7. The average Bonchev–Trinajstić information content (AvgIpc) is 3.16. The second kappa shape index (κ2) is 7.12. The lowest BCUT2D eigenvalue weighted by Crippen LogP contribution is -2.30. The van der Waals surface area contributed by atoms with E-state index < -0.39 is 17.7 Å². The number of aryl methyl sites for hydroxylation is 1. The Hall–Kier alpha value is -3.33. The lowest BCUT2D eigenvalue weighted by Gasteiger charge is -2.25. The maximum absolute atomic E-state index is 12.8. The lowest BCUT2D eigenvalue weighted by molar-refractivity contribution is -0.118. The van der Waals surface area contributed by atoms with E-state index in [1.54, 1.807) is 43.3 Å². The molecule has 1 amide bonds. The van der Waals surface area contributed by atoms with Crippen molar-refractivity contribution in [1.82, 2.24) is 0 Å². The molecule has 0 radical (unpaired) electrons. The molecule has 2 heterocycles. The Bertz CT molecular complexity index is 961. The first-order chi connectivity index (χ1) is 12.8. The van der Waals surface area contributed by atoms with Crippen LogP contribution in [0.2, 0.25) is 0 Å². The summed E-state index contributed by atoms with van der Waals surface area (Å²) in [6, 6.07) is 11.0. The number of furan rings is 1. The molecule has 0 saturated heterocycles. The van der Waals surface area contributed by atoms with Crippen LogP contribution in [-0.4, -0.2) is 16.8 Å². The summed E-state index contributed by atoms with van der Waals surface area (Å²) in [6.45, 7) is 5.57. The van der Waals surface area contributed by atoms with E-state index in [0.717, 1.165) is 0 Å². The van der Waals surface area contributed by atoms with Crippen molar-refractivity contribution in [3.8, 4) is 6.07 Å². The molecule has 1 atom stereocenters. The monoisotopic (exact) mass is 364 g/mol. The van der Waals surface area contributed by atoms with Gasteiger partial charge in [-0.15, -0.1) is 0 Å². The molecule has 0 aliphatic carbocycles. The molecule has 6 heteroatoms. The normalized spacial score (nSPS) is 16.9. The van der Waals surface area contributed by atoms with Crippen molar-refractivity contribution in [3.63, 3.8) is 0 Å². The molecular weight excluding hydrogens is 344 g/mol. The van der Waals surface area contributed by atoms with Gasteiger partial charge in [0.2, 0.25) is 0 Å². The smallest absolute Gasteiger partial charge is 0.294 e. The number of nitrogens with zero attached hydrogens (tertiary/aromatic N) is 2. The molecule has 138 valence electrons. The summed E-state index contributed by atoms with van der Waals surface area (Å²) in [5, 5.41) is 19.5. The number of Topliss-reactive ketones (excluding diaryl/α,β-unsaturated/α-hetero) is 1. The number of benzene rings is 1. The predicted molar refractivity (Wildman–Crippen MR) is 98.9 cm³/mol. The van der Waals surface area contributed by atoms with Gasteiger partial charge in [-0.25, -0.2) is 0 Å². The minimum Gasteiger partial charge on any atom is -0.503 e. The molecule has 1 unspecified atom stereocenters. The van der Waals surface area contributed by atoms with Gasteiger partial charge in [0.1, 0.15) is 17.6 Å². The van der Waals surface area contributed by atoms with Gasteiger partial charge in [-0.3, -0.25) is 14.5 Å². The van der Waals surface area contributed by atoms with Crippen LogP contribution in [0.1, 0.15) is 43.4 Å². The molecule has 1 aromatic carbocycles. The number of anilines is 1. The summed E-state index contributed by atoms with van der Waals surface area (Å²) in [4.78, 5) is 26.9. The van der Waals surface area contributed by atoms with Gasteiger partial charge in [-0.05, 0) is 49.2 Å².